The van der Waals surface area contributed by atoms with Gasteiger partial charge in [-0.2, -0.15) is 5.10 Å². The molecule has 0 saturated carbocycles. The zero-order valence-corrected chi connectivity index (χ0v) is 13.4. The van der Waals surface area contributed by atoms with Crippen molar-refractivity contribution >= 4 is 35.1 Å². The number of rotatable bonds is 5. The van der Waals surface area contributed by atoms with Crippen molar-refractivity contribution in [2.45, 2.75) is 20.0 Å². The molecule has 1 aromatic carbocycles. The van der Waals surface area contributed by atoms with Crippen molar-refractivity contribution in [2.75, 3.05) is 14.2 Å². The number of benzene rings is 1. The molecule has 110 valence electrons. The van der Waals surface area contributed by atoms with Crippen molar-refractivity contribution in [3.8, 4) is 11.5 Å². The Bertz CT molecular complexity index is 507. The second kappa shape index (κ2) is 7.91. The Labute approximate surface area is 129 Å². The largest absolute Gasteiger partial charge is 0.493 e. The maximum atomic E-state index is 6.20. The van der Waals surface area contributed by atoms with Gasteiger partial charge in [-0.25, -0.2) is 0 Å². The SMILES string of the molecule is CNC(=S)N/N=C\c1cc(Cl)c(OC(C)C)c(OC)c1. The molecule has 1 rings (SSSR count). The quantitative estimate of drug-likeness (QED) is 0.497. The average Bonchev–Trinajstić information content (AvgIpc) is 2.40. The van der Waals surface area contributed by atoms with Gasteiger partial charge < -0.3 is 14.8 Å². The van der Waals surface area contributed by atoms with Gasteiger partial charge in [0.15, 0.2) is 16.6 Å². The molecule has 0 heterocycles. The summed E-state index contributed by atoms with van der Waals surface area (Å²) in [7, 11) is 3.27. The molecular formula is C13H18ClN3O2S. The average molecular weight is 316 g/mol. The van der Waals surface area contributed by atoms with Gasteiger partial charge in [0.05, 0.1) is 24.5 Å². The van der Waals surface area contributed by atoms with Gasteiger partial charge in [-0.05, 0) is 43.8 Å². The summed E-state index contributed by atoms with van der Waals surface area (Å²) in [6, 6.07) is 3.53. The summed E-state index contributed by atoms with van der Waals surface area (Å²) in [5.41, 5.74) is 3.43. The van der Waals surface area contributed by atoms with Crippen molar-refractivity contribution in [2.24, 2.45) is 5.10 Å². The summed E-state index contributed by atoms with van der Waals surface area (Å²) >= 11 is 11.1. The van der Waals surface area contributed by atoms with Crippen LogP contribution in [-0.4, -0.2) is 31.6 Å². The fourth-order valence-electron chi connectivity index (χ4n) is 1.39. The molecule has 0 aromatic heterocycles. The number of thiocarbonyl (C=S) groups is 1. The lowest BCUT2D eigenvalue weighted by Gasteiger charge is -2.15. The standard InChI is InChI=1S/C13H18ClN3O2S/c1-8(2)19-12-10(14)5-9(6-11(12)18-4)7-16-17-13(20)15-3/h5-8H,1-4H3,(H2,15,17,20)/b16-7-. The first-order valence-corrected chi connectivity index (χ1v) is 6.81. The third kappa shape index (κ3) is 4.86. The summed E-state index contributed by atoms with van der Waals surface area (Å²) in [6.07, 6.45) is 1.60. The molecule has 0 radical (unpaired) electrons. The predicted octanol–water partition coefficient (Wildman–Crippen LogP) is 2.56. The number of halogens is 1. The van der Waals surface area contributed by atoms with E-state index in [0.29, 0.717) is 21.6 Å². The number of nitrogens with one attached hydrogen (secondary N) is 2. The fourth-order valence-corrected chi connectivity index (χ4v) is 1.70. The Hall–Kier alpha value is -1.53. The molecule has 0 saturated heterocycles. The summed E-state index contributed by atoms with van der Waals surface area (Å²) < 4.78 is 10.9. The first-order chi connectivity index (χ1) is 9.47. The Kier molecular flexibility index (Phi) is 6.54. The van der Waals surface area contributed by atoms with Crippen LogP contribution in [0, 0.1) is 0 Å². The van der Waals surface area contributed by atoms with Crippen LogP contribution in [0.2, 0.25) is 5.02 Å². The van der Waals surface area contributed by atoms with Gasteiger partial charge in [-0.3, -0.25) is 5.43 Å². The summed E-state index contributed by atoms with van der Waals surface area (Å²) in [5, 5.41) is 7.64. The van der Waals surface area contributed by atoms with Crippen LogP contribution in [-0.2, 0) is 0 Å². The first kappa shape index (κ1) is 16.5. The molecule has 0 aliphatic rings. The van der Waals surface area contributed by atoms with Crippen molar-refractivity contribution < 1.29 is 9.47 Å². The molecule has 2 N–H and O–H groups in total. The lowest BCUT2D eigenvalue weighted by atomic mass is 10.2. The third-order valence-electron chi connectivity index (χ3n) is 2.21. The molecule has 0 fully saturated rings. The van der Waals surface area contributed by atoms with E-state index in [1.165, 1.54) is 0 Å². The normalized spacial score (nSPS) is 10.7. The minimum atomic E-state index is 0.00980. The van der Waals surface area contributed by atoms with Gasteiger partial charge in [0.1, 0.15) is 0 Å². The Morgan fingerprint density at radius 1 is 1.45 bits per heavy atom. The Morgan fingerprint density at radius 3 is 2.70 bits per heavy atom. The number of hydrazone groups is 1. The van der Waals surface area contributed by atoms with Crippen LogP contribution in [0.5, 0.6) is 11.5 Å². The highest BCUT2D eigenvalue weighted by Crippen LogP contribution is 2.36. The molecular weight excluding hydrogens is 298 g/mol. The fraction of sp³-hybridized carbons (Fsp3) is 0.385. The van der Waals surface area contributed by atoms with Crippen LogP contribution in [0.25, 0.3) is 0 Å². The number of nitrogens with zero attached hydrogens (tertiary/aromatic N) is 1. The lowest BCUT2D eigenvalue weighted by Crippen LogP contribution is -2.28. The van der Waals surface area contributed by atoms with Gasteiger partial charge in [0.2, 0.25) is 0 Å². The molecule has 20 heavy (non-hydrogen) atoms. The number of methoxy groups -OCH3 is 1. The van der Waals surface area contributed by atoms with Crippen molar-refractivity contribution in [3.63, 3.8) is 0 Å². The molecule has 0 aliphatic heterocycles. The molecule has 7 heteroatoms. The monoisotopic (exact) mass is 315 g/mol. The van der Waals surface area contributed by atoms with E-state index in [4.69, 9.17) is 33.3 Å². The molecule has 0 atom stereocenters. The van der Waals surface area contributed by atoms with E-state index in [-0.39, 0.29) is 6.10 Å². The third-order valence-corrected chi connectivity index (χ3v) is 2.79. The number of hydrogen-bond donors (Lipinski definition) is 2. The molecule has 5 nitrogen and oxygen atoms in total. The predicted molar refractivity (Wildman–Crippen MR) is 86.2 cm³/mol. The summed E-state index contributed by atoms with van der Waals surface area (Å²) in [6.45, 7) is 3.85. The second-order valence-electron chi connectivity index (χ2n) is 4.15. The van der Waals surface area contributed by atoms with E-state index in [9.17, 15) is 0 Å². The maximum Gasteiger partial charge on any atom is 0.186 e. The minimum Gasteiger partial charge on any atom is -0.493 e. The van der Waals surface area contributed by atoms with Gasteiger partial charge in [0.25, 0.3) is 0 Å². The lowest BCUT2D eigenvalue weighted by molar-refractivity contribution is 0.230. The van der Waals surface area contributed by atoms with Gasteiger partial charge >= 0.3 is 0 Å². The topological polar surface area (TPSA) is 54.9 Å². The summed E-state index contributed by atoms with van der Waals surface area (Å²) in [4.78, 5) is 0. The second-order valence-corrected chi connectivity index (χ2v) is 4.97. The van der Waals surface area contributed by atoms with E-state index in [2.05, 4.69) is 15.8 Å². The van der Waals surface area contributed by atoms with Crippen molar-refractivity contribution in [3.05, 3.63) is 22.7 Å². The van der Waals surface area contributed by atoms with Crippen molar-refractivity contribution in [1.82, 2.24) is 10.7 Å². The molecule has 0 aliphatic carbocycles. The van der Waals surface area contributed by atoms with Crippen LogP contribution < -0.4 is 20.2 Å². The van der Waals surface area contributed by atoms with E-state index < -0.39 is 0 Å². The molecule has 0 bridgehead atoms. The minimum absolute atomic E-state index is 0.00980. The smallest absolute Gasteiger partial charge is 0.186 e. The number of ether oxygens (including phenoxy) is 2. The maximum absolute atomic E-state index is 6.20. The van der Waals surface area contributed by atoms with Crippen LogP contribution >= 0.6 is 23.8 Å². The molecule has 0 amide bonds. The highest BCUT2D eigenvalue weighted by atomic mass is 35.5. The van der Waals surface area contributed by atoms with Crippen LogP contribution in [0.4, 0.5) is 0 Å². The van der Waals surface area contributed by atoms with Gasteiger partial charge in [-0.15, -0.1) is 0 Å². The van der Waals surface area contributed by atoms with E-state index in [0.717, 1.165) is 5.56 Å². The van der Waals surface area contributed by atoms with Crippen LogP contribution in [0.15, 0.2) is 17.2 Å². The van der Waals surface area contributed by atoms with Crippen LogP contribution in [0.1, 0.15) is 19.4 Å². The molecule has 0 spiro atoms. The Morgan fingerprint density at radius 2 is 2.15 bits per heavy atom. The van der Waals surface area contributed by atoms with Crippen LogP contribution in [0.3, 0.4) is 0 Å². The Balaban J connectivity index is 2.95. The zero-order chi connectivity index (χ0) is 15.1. The molecule has 1 aromatic rings. The first-order valence-electron chi connectivity index (χ1n) is 6.03. The van der Waals surface area contributed by atoms with E-state index in [1.54, 1.807) is 32.5 Å². The molecule has 0 unspecified atom stereocenters. The van der Waals surface area contributed by atoms with Gasteiger partial charge in [-0.1, -0.05) is 11.6 Å². The van der Waals surface area contributed by atoms with E-state index in [1.807, 2.05) is 13.8 Å². The summed E-state index contributed by atoms with van der Waals surface area (Å²) in [5.74, 6) is 1.09. The van der Waals surface area contributed by atoms with Gasteiger partial charge in [0, 0.05) is 7.05 Å². The highest BCUT2D eigenvalue weighted by Gasteiger charge is 2.12. The number of hydrogen-bond acceptors (Lipinski definition) is 4. The van der Waals surface area contributed by atoms with E-state index >= 15 is 0 Å². The van der Waals surface area contributed by atoms with Crippen molar-refractivity contribution in [1.29, 1.82) is 0 Å². The highest BCUT2D eigenvalue weighted by molar-refractivity contribution is 7.80. The zero-order valence-electron chi connectivity index (χ0n) is 11.9.